The number of rotatable bonds is 6. The molecule has 1 atom stereocenters. The summed E-state index contributed by atoms with van der Waals surface area (Å²) in [6.45, 7) is 1.69. The molecule has 4 nitrogen and oxygen atoms in total. The summed E-state index contributed by atoms with van der Waals surface area (Å²) in [5, 5.41) is 0. The van der Waals surface area contributed by atoms with Gasteiger partial charge in [-0.15, -0.1) is 0 Å². The molecule has 0 radical (unpaired) electrons. The van der Waals surface area contributed by atoms with Gasteiger partial charge in [-0.1, -0.05) is 6.07 Å². The summed E-state index contributed by atoms with van der Waals surface area (Å²) >= 11 is 0. The van der Waals surface area contributed by atoms with Gasteiger partial charge in [0.15, 0.2) is 17.3 Å². The first-order valence-electron chi connectivity index (χ1n) is 8.94. The Morgan fingerprint density at radius 1 is 1.11 bits per heavy atom. The molecule has 0 bridgehead atoms. The first-order chi connectivity index (χ1) is 13.0. The number of methoxy groups -OCH3 is 2. The number of piperidine rings is 1. The number of hydrogen-bond donors (Lipinski definition) is 0. The standard InChI is InChI=1S/C21H23F2NO3/c1-26-19-8-6-14(10-20(19)27-2)21(25)16-4-3-9-24(13-16)12-15-5-7-17(22)11-18(15)23/h5-8,10-11,16H,3-4,9,12-13H2,1-2H3/t16-/m1/s1. The molecule has 1 heterocycles. The minimum Gasteiger partial charge on any atom is -0.493 e. The highest BCUT2D eigenvalue weighted by atomic mass is 19.1. The summed E-state index contributed by atoms with van der Waals surface area (Å²) in [4.78, 5) is 15.0. The van der Waals surface area contributed by atoms with Crippen molar-refractivity contribution in [3.05, 3.63) is 59.2 Å². The number of hydrogen-bond acceptors (Lipinski definition) is 4. The number of ketones is 1. The molecule has 6 heteroatoms. The van der Waals surface area contributed by atoms with Gasteiger partial charge in [0.2, 0.25) is 0 Å². The van der Waals surface area contributed by atoms with Gasteiger partial charge in [-0.2, -0.15) is 0 Å². The first-order valence-corrected chi connectivity index (χ1v) is 8.94. The third kappa shape index (κ3) is 4.45. The lowest BCUT2D eigenvalue weighted by atomic mass is 9.89. The van der Waals surface area contributed by atoms with Crippen molar-refractivity contribution in [3.63, 3.8) is 0 Å². The minimum absolute atomic E-state index is 0.0419. The topological polar surface area (TPSA) is 38.8 Å². The molecular weight excluding hydrogens is 352 g/mol. The lowest BCUT2D eigenvalue weighted by Gasteiger charge is -2.32. The van der Waals surface area contributed by atoms with Crippen molar-refractivity contribution in [1.29, 1.82) is 0 Å². The van der Waals surface area contributed by atoms with Crippen molar-refractivity contribution in [2.24, 2.45) is 5.92 Å². The second kappa shape index (κ2) is 8.48. The number of likely N-dealkylation sites (tertiary alicyclic amines) is 1. The molecule has 1 aliphatic heterocycles. The normalized spacial score (nSPS) is 17.6. The summed E-state index contributed by atoms with van der Waals surface area (Å²) in [7, 11) is 3.08. The van der Waals surface area contributed by atoms with Gasteiger partial charge in [0.05, 0.1) is 14.2 Å². The third-order valence-corrected chi connectivity index (χ3v) is 4.95. The first kappa shape index (κ1) is 19.3. The van der Waals surface area contributed by atoms with Crippen LogP contribution in [0.25, 0.3) is 0 Å². The van der Waals surface area contributed by atoms with Crippen LogP contribution in [0.4, 0.5) is 8.78 Å². The zero-order valence-corrected chi connectivity index (χ0v) is 15.5. The smallest absolute Gasteiger partial charge is 0.167 e. The molecule has 144 valence electrons. The van der Waals surface area contributed by atoms with Crippen LogP contribution in [0.2, 0.25) is 0 Å². The highest BCUT2D eigenvalue weighted by Gasteiger charge is 2.27. The molecule has 0 aromatic heterocycles. The van der Waals surface area contributed by atoms with Crippen molar-refractivity contribution in [1.82, 2.24) is 4.90 Å². The fraction of sp³-hybridized carbons (Fsp3) is 0.381. The van der Waals surface area contributed by atoms with E-state index in [1.807, 2.05) is 4.90 Å². The number of Topliss-reactive ketones (excluding diaryl/α,β-unsaturated/α-hetero) is 1. The number of ether oxygens (including phenoxy) is 2. The van der Waals surface area contributed by atoms with Crippen LogP contribution in [-0.2, 0) is 6.54 Å². The van der Waals surface area contributed by atoms with Crippen molar-refractivity contribution < 1.29 is 23.0 Å². The Morgan fingerprint density at radius 2 is 1.89 bits per heavy atom. The number of carbonyl (C=O) groups excluding carboxylic acids is 1. The van der Waals surface area contributed by atoms with Crippen molar-refractivity contribution in [2.75, 3.05) is 27.3 Å². The van der Waals surface area contributed by atoms with Crippen LogP contribution in [0.15, 0.2) is 36.4 Å². The maximum atomic E-state index is 13.9. The van der Waals surface area contributed by atoms with Crippen molar-refractivity contribution in [2.45, 2.75) is 19.4 Å². The molecule has 0 saturated carbocycles. The fourth-order valence-corrected chi connectivity index (χ4v) is 3.53. The molecule has 1 saturated heterocycles. The van der Waals surface area contributed by atoms with Crippen molar-refractivity contribution in [3.8, 4) is 11.5 Å². The van der Waals surface area contributed by atoms with E-state index in [1.54, 1.807) is 25.3 Å². The third-order valence-electron chi connectivity index (χ3n) is 4.95. The van der Waals surface area contributed by atoms with E-state index in [0.29, 0.717) is 35.7 Å². The fourth-order valence-electron chi connectivity index (χ4n) is 3.53. The summed E-state index contributed by atoms with van der Waals surface area (Å²) in [6, 6.07) is 8.77. The van der Waals surface area contributed by atoms with Gasteiger partial charge < -0.3 is 9.47 Å². The molecule has 0 N–H and O–H groups in total. The number of halogens is 2. The second-order valence-corrected chi connectivity index (χ2v) is 6.74. The molecule has 0 spiro atoms. The van der Waals surface area contributed by atoms with Crippen molar-refractivity contribution >= 4 is 5.78 Å². The maximum Gasteiger partial charge on any atom is 0.167 e. The molecule has 0 unspecified atom stereocenters. The van der Waals surface area contributed by atoms with Gasteiger partial charge in [0.25, 0.3) is 0 Å². The van der Waals surface area contributed by atoms with E-state index < -0.39 is 11.6 Å². The maximum absolute atomic E-state index is 13.9. The van der Waals surface area contributed by atoms with E-state index in [2.05, 4.69) is 0 Å². The SMILES string of the molecule is COc1ccc(C(=O)[C@@H]2CCCN(Cc3ccc(F)cc3F)C2)cc1OC. The predicted octanol–water partition coefficient (Wildman–Crippen LogP) is 4.08. The quantitative estimate of drug-likeness (QED) is 0.714. The average molecular weight is 375 g/mol. The molecule has 3 rings (SSSR count). The Morgan fingerprint density at radius 3 is 2.59 bits per heavy atom. The summed E-state index contributed by atoms with van der Waals surface area (Å²) in [5.74, 6) is -0.171. The van der Waals surface area contributed by atoms with Crippen LogP contribution in [0.3, 0.4) is 0 Å². The second-order valence-electron chi connectivity index (χ2n) is 6.74. The molecule has 0 amide bonds. The lowest BCUT2D eigenvalue weighted by molar-refractivity contribution is 0.0810. The summed E-state index contributed by atoms with van der Waals surface area (Å²) in [5.41, 5.74) is 1.02. The van der Waals surface area contributed by atoms with E-state index in [0.717, 1.165) is 25.5 Å². The Kier molecular flexibility index (Phi) is 6.06. The van der Waals surface area contributed by atoms with Gasteiger partial charge in [-0.05, 0) is 43.7 Å². The molecule has 27 heavy (non-hydrogen) atoms. The largest absolute Gasteiger partial charge is 0.493 e. The Labute approximate surface area is 157 Å². The van der Waals surface area contributed by atoms with E-state index >= 15 is 0 Å². The van der Waals surface area contributed by atoms with Gasteiger partial charge >= 0.3 is 0 Å². The highest BCUT2D eigenvalue weighted by Crippen LogP contribution is 2.30. The van der Waals surface area contributed by atoms with Crippen LogP contribution < -0.4 is 9.47 Å². The summed E-state index contributed by atoms with van der Waals surface area (Å²) in [6.07, 6.45) is 1.64. The van der Waals surface area contributed by atoms with E-state index in [9.17, 15) is 13.6 Å². The van der Waals surface area contributed by atoms with E-state index in [1.165, 1.54) is 19.2 Å². The van der Waals surface area contributed by atoms with Gasteiger partial charge in [-0.3, -0.25) is 9.69 Å². The minimum atomic E-state index is -0.587. The van der Waals surface area contributed by atoms with Crippen LogP contribution in [0, 0.1) is 17.6 Å². The van der Waals surface area contributed by atoms with Crippen LogP contribution in [0.5, 0.6) is 11.5 Å². The Balaban J connectivity index is 1.71. The van der Waals surface area contributed by atoms with E-state index in [4.69, 9.17) is 9.47 Å². The lowest BCUT2D eigenvalue weighted by Crippen LogP contribution is -2.38. The predicted molar refractivity (Wildman–Crippen MR) is 98.2 cm³/mol. The molecule has 1 aliphatic rings. The molecule has 1 fully saturated rings. The van der Waals surface area contributed by atoms with Crippen LogP contribution >= 0.6 is 0 Å². The zero-order valence-electron chi connectivity index (χ0n) is 15.5. The molecule has 2 aromatic rings. The molecule has 2 aromatic carbocycles. The van der Waals surface area contributed by atoms with E-state index in [-0.39, 0.29) is 11.7 Å². The number of benzene rings is 2. The highest BCUT2D eigenvalue weighted by molar-refractivity contribution is 5.98. The number of nitrogens with zero attached hydrogens (tertiary/aromatic N) is 1. The summed E-state index contributed by atoms with van der Waals surface area (Å²) < 4.78 is 37.5. The Hall–Kier alpha value is -2.47. The van der Waals surface area contributed by atoms with Gasteiger partial charge in [-0.25, -0.2) is 8.78 Å². The number of carbonyl (C=O) groups is 1. The van der Waals surface area contributed by atoms with Gasteiger partial charge in [0.1, 0.15) is 11.6 Å². The van der Waals surface area contributed by atoms with Gasteiger partial charge in [0, 0.05) is 36.2 Å². The molecule has 0 aliphatic carbocycles. The van der Waals surface area contributed by atoms with Crippen LogP contribution in [-0.4, -0.2) is 38.0 Å². The monoisotopic (exact) mass is 375 g/mol. The average Bonchev–Trinajstić information content (AvgIpc) is 2.69. The Bertz CT molecular complexity index is 825. The van der Waals surface area contributed by atoms with Crippen LogP contribution in [0.1, 0.15) is 28.8 Å². The zero-order chi connectivity index (χ0) is 19.4. The molecular formula is C21H23F2NO3.